The molecule has 1 aromatic carbocycles. The number of anilines is 3. The number of aromatic nitrogens is 3. The Kier molecular flexibility index (Phi) is 3.75. The number of para-hydroxylation sites is 1. The molecular formula is C11H14N6O. The van der Waals surface area contributed by atoms with Crippen LogP contribution in [0.5, 0.6) is 5.75 Å². The Morgan fingerprint density at radius 1 is 1.00 bits per heavy atom. The van der Waals surface area contributed by atoms with Crippen molar-refractivity contribution < 1.29 is 4.74 Å². The normalized spacial score (nSPS) is 10.0. The molecule has 0 amide bonds. The van der Waals surface area contributed by atoms with E-state index >= 15 is 0 Å². The van der Waals surface area contributed by atoms with Gasteiger partial charge in [0.1, 0.15) is 12.4 Å². The average Bonchev–Trinajstić information content (AvgIpc) is 2.35. The summed E-state index contributed by atoms with van der Waals surface area (Å²) in [6, 6.07) is 9.53. The summed E-state index contributed by atoms with van der Waals surface area (Å²) in [5.41, 5.74) is 10.9. The lowest BCUT2D eigenvalue weighted by molar-refractivity contribution is 0.332. The minimum absolute atomic E-state index is 0.0916. The van der Waals surface area contributed by atoms with Gasteiger partial charge in [-0.1, -0.05) is 18.2 Å². The molecule has 0 spiro atoms. The van der Waals surface area contributed by atoms with E-state index in [-0.39, 0.29) is 11.9 Å². The second-order valence-corrected chi connectivity index (χ2v) is 3.46. The smallest absolute Gasteiger partial charge is 0.229 e. The summed E-state index contributed by atoms with van der Waals surface area (Å²) in [7, 11) is 0. The third-order valence-electron chi connectivity index (χ3n) is 2.07. The molecule has 0 atom stereocenters. The molecule has 94 valence electrons. The van der Waals surface area contributed by atoms with Crippen molar-refractivity contribution in [2.75, 3.05) is 29.9 Å². The van der Waals surface area contributed by atoms with Crippen LogP contribution in [-0.4, -0.2) is 28.1 Å². The topological polar surface area (TPSA) is 112 Å². The van der Waals surface area contributed by atoms with Crippen molar-refractivity contribution >= 4 is 17.8 Å². The summed E-state index contributed by atoms with van der Waals surface area (Å²) in [5.74, 6) is 1.34. The Hall–Kier alpha value is -2.57. The number of nitrogens with zero attached hydrogens (tertiary/aromatic N) is 3. The molecule has 0 fully saturated rings. The predicted octanol–water partition coefficient (Wildman–Crippen LogP) is 0.527. The van der Waals surface area contributed by atoms with E-state index in [1.807, 2.05) is 30.3 Å². The maximum Gasteiger partial charge on any atom is 0.229 e. The third kappa shape index (κ3) is 3.48. The van der Waals surface area contributed by atoms with Gasteiger partial charge in [0.05, 0.1) is 6.54 Å². The van der Waals surface area contributed by atoms with E-state index in [0.717, 1.165) is 5.75 Å². The molecule has 0 aliphatic carbocycles. The zero-order valence-corrected chi connectivity index (χ0v) is 9.71. The van der Waals surface area contributed by atoms with E-state index in [4.69, 9.17) is 16.2 Å². The molecule has 2 rings (SSSR count). The molecule has 2 aromatic rings. The first-order valence-corrected chi connectivity index (χ1v) is 5.43. The van der Waals surface area contributed by atoms with Crippen LogP contribution in [0, 0.1) is 0 Å². The first-order valence-electron chi connectivity index (χ1n) is 5.43. The van der Waals surface area contributed by atoms with Crippen LogP contribution < -0.4 is 21.5 Å². The number of nitrogens with two attached hydrogens (primary N) is 2. The zero-order valence-electron chi connectivity index (χ0n) is 9.71. The molecule has 0 radical (unpaired) electrons. The summed E-state index contributed by atoms with van der Waals surface area (Å²) >= 11 is 0. The molecule has 0 saturated carbocycles. The van der Waals surface area contributed by atoms with Crippen molar-refractivity contribution in [1.29, 1.82) is 0 Å². The maximum atomic E-state index is 5.49. The summed E-state index contributed by atoms with van der Waals surface area (Å²) in [4.78, 5) is 11.4. The largest absolute Gasteiger partial charge is 0.492 e. The monoisotopic (exact) mass is 246 g/mol. The lowest BCUT2D eigenvalue weighted by Crippen LogP contribution is -2.15. The molecule has 1 heterocycles. The van der Waals surface area contributed by atoms with Crippen LogP contribution in [-0.2, 0) is 0 Å². The number of benzene rings is 1. The first kappa shape index (κ1) is 11.9. The summed E-state index contributed by atoms with van der Waals surface area (Å²) in [6.45, 7) is 1.02. The van der Waals surface area contributed by atoms with Crippen LogP contribution in [0.1, 0.15) is 0 Å². The van der Waals surface area contributed by atoms with Crippen molar-refractivity contribution in [1.82, 2.24) is 15.0 Å². The van der Waals surface area contributed by atoms with Crippen LogP contribution in [0.25, 0.3) is 0 Å². The molecule has 0 aliphatic heterocycles. The lowest BCUT2D eigenvalue weighted by atomic mass is 10.3. The molecular weight excluding hydrogens is 232 g/mol. The Balaban J connectivity index is 1.78. The van der Waals surface area contributed by atoms with E-state index < -0.39 is 0 Å². The van der Waals surface area contributed by atoms with Gasteiger partial charge in [0.15, 0.2) is 0 Å². The van der Waals surface area contributed by atoms with Crippen LogP contribution in [0.4, 0.5) is 17.8 Å². The summed E-state index contributed by atoms with van der Waals surface area (Å²) < 4.78 is 5.49. The zero-order chi connectivity index (χ0) is 12.8. The van der Waals surface area contributed by atoms with Gasteiger partial charge in [-0.15, -0.1) is 0 Å². The minimum Gasteiger partial charge on any atom is -0.492 e. The fourth-order valence-corrected chi connectivity index (χ4v) is 1.34. The highest BCUT2D eigenvalue weighted by Gasteiger charge is 2.00. The average molecular weight is 246 g/mol. The van der Waals surface area contributed by atoms with Crippen LogP contribution >= 0.6 is 0 Å². The number of hydrogen-bond donors (Lipinski definition) is 3. The van der Waals surface area contributed by atoms with Gasteiger partial charge >= 0.3 is 0 Å². The number of nitrogen functional groups attached to an aromatic ring is 2. The highest BCUT2D eigenvalue weighted by molar-refractivity contribution is 5.36. The number of rotatable bonds is 5. The molecule has 0 saturated heterocycles. The quantitative estimate of drug-likeness (QED) is 0.659. The van der Waals surface area contributed by atoms with Gasteiger partial charge in [-0.05, 0) is 12.1 Å². The fourth-order valence-electron chi connectivity index (χ4n) is 1.34. The molecule has 7 nitrogen and oxygen atoms in total. The van der Waals surface area contributed by atoms with Crippen molar-refractivity contribution in [3.05, 3.63) is 30.3 Å². The predicted molar refractivity (Wildman–Crippen MR) is 69.1 cm³/mol. The molecule has 7 heteroatoms. The standard InChI is InChI=1S/C11H14N6O/c12-9-15-10(13)17-11(16-9)14-6-7-18-8-4-2-1-3-5-8/h1-5H,6-7H2,(H5,12,13,14,15,16,17). The highest BCUT2D eigenvalue weighted by Crippen LogP contribution is 2.08. The van der Waals surface area contributed by atoms with E-state index in [2.05, 4.69) is 20.3 Å². The van der Waals surface area contributed by atoms with Gasteiger partial charge in [-0.2, -0.15) is 15.0 Å². The van der Waals surface area contributed by atoms with Crippen molar-refractivity contribution in [2.45, 2.75) is 0 Å². The third-order valence-corrected chi connectivity index (χ3v) is 2.07. The van der Waals surface area contributed by atoms with E-state index in [0.29, 0.717) is 19.1 Å². The van der Waals surface area contributed by atoms with Gasteiger partial charge < -0.3 is 21.5 Å². The first-order chi connectivity index (χ1) is 8.74. The second kappa shape index (κ2) is 5.67. The fraction of sp³-hybridized carbons (Fsp3) is 0.182. The second-order valence-electron chi connectivity index (χ2n) is 3.46. The van der Waals surface area contributed by atoms with E-state index in [1.165, 1.54) is 0 Å². The minimum atomic E-state index is 0.0916. The highest BCUT2D eigenvalue weighted by atomic mass is 16.5. The van der Waals surface area contributed by atoms with E-state index in [1.54, 1.807) is 0 Å². The lowest BCUT2D eigenvalue weighted by Gasteiger charge is -2.07. The maximum absolute atomic E-state index is 5.49. The molecule has 0 bridgehead atoms. The van der Waals surface area contributed by atoms with Gasteiger partial charge in [0.2, 0.25) is 17.8 Å². The van der Waals surface area contributed by atoms with E-state index in [9.17, 15) is 0 Å². The van der Waals surface area contributed by atoms with Gasteiger partial charge in [0.25, 0.3) is 0 Å². The molecule has 0 unspecified atom stereocenters. The molecule has 18 heavy (non-hydrogen) atoms. The Morgan fingerprint density at radius 2 is 1.67 bits per heavy atom. The van der Waals surface area contributed by atoms with Gasteiger partial charge in [-0.3, -0.25) is 0 Å². The van der Waals surface area contributed by atoms with Crippen LogP contribution in [0.15, 0.2) is 30.3 Å². The molecule has 5 N–H and O–H groups in total. The SMILES string of the molecule is Nc1nc(N)nc(NCCOc2ccccc2)n1. The Morgan fingerprint density at radius 3 is 2.33 bits per heavy atom. The summed E-state index contributed by atoms with van der Waals surface area (Å²) in [5, 5.41) is 2.95. The molecule has 1 aromatic heterocycles. The Labute approximate surface area is 104 Å². The van der Waals surface area contributed by atoms with Gasteiger partial charge in [-0.25, -0.2) is 0 Å². The van der Waals surface area contributed by atoms with Crippen molar-refractivity contribution in [2.24, 2.45) is 0 Å². The Bertz CT molecular complexity index is 484. The van der Waals surface area contributed by atoms with Crippen LogP contribution in [0.3, 0.4) is 0 Å². The van der Waals surface area contributed by atoms with Crippen molar-refractivity contribution in [3.8, 4) is 5.75 Å². The van der Waals surface area contributed by atoms with Crippen molar-refractivity contribution in [3.63, 3.8) is 0 Å². The van der Waals surface area contributed by atoms with Gasteiger partial charge in [0, 0.05) is 0 Å². The number of ether oxygens (including phenoxy) is 1. The summed E-state index contributed by atoms with van der Waals surface area (Å²) in [6.07, 6.45) is 0. The number of hydrogen-bond acceptors (Lipinski definition) is 7. The number of nitrogens with one attached hydrogen (secondary N) is 1. The molecule has 0 aliphatic rings. The van der Waals surface area contributed by atoms with Crippen LogP contribution in [0.2, 0.25) is 0 Å².